The smallest absolute Gasteiger partial charge is 0.270 e. The lowest BCUT2D eigenvalue weighted by atomic mass is 9.97. The van der Waals surface area contributed by atoms with E-state index >= 15 is 0 Å². The number of benzene rings is 1. The zero-order valence-electron chi connectivity index (χ0n) is 13.9. The van der Waals surface area contributed by atoms with Crippen molar-refractivity contribution in [1.29, 1.82) is 0 Å². The van der Waals surface area contributed by atoms with Crippen LogP contribution in [0.5, 0.6) is 0 Å². The Morgan fingerprint density at radius 3 is 2.38 bits per heavy atom. The molecule has 0 N–H and O–H groups in total. The lowest BCUT2D eigenvalue weighted by Crippen LogP contribution is -2.42. The molecule has 1 aliphatic heterocycles. The summed E-state index contributed by atoms with van der Waals surface area (Å²) in [4.78, 5) is 23.7. The van der Waals surface area contributed by atoms with E-state index < -0.39 is 14.9 Å². The lowest BCUT2D eigenvalue weighted by molar-refractivity contribution is -0.385. The first-order valence-electron chi connectivity index (χ1n) is 7.61. The second kappa shape index (κ2) is 6.86. The number of carbonyl (C=O) groups is 1. The van der Waals surface area contributed by atoms with Gasteiger partial charge in [-0.05, 0) is 25.3 Å². The standard InChI is InChI=1S/C15H21N3O5S/c1-11-4-5-13(18(20)21)10-14(11)24(22,23)17-8-6-12(7-9-17)15(19)16(2)3/h4-5,10,12H,6-9H2,1-3H3. The minimum atomic E-state index is -3.81. The van der Waals surface area contributed by atoms with Crippen LogP contribution in [0.4, 0.5) is 5.69 Å². The normalized spacial score (nSPS) is 16.8. The van der Waals surface area contributed by atoms with Crippen molar-refractivity contribution in [3.63, 3.8) is 0 Å². The molecule has 1 aromatic rings. The zero-order valence-corrected chi connectivity index (χ0v) is 14.7. The summed E-state index contributed by atoms with van der Waals surface area (Å²) in [5, 5.41) is 10.9. The average molecular weight is 355 g/mol. The monoisotopic (exact) mass is 355 g/mol. The molecule has 1 fully saturated rings. The fourth-order valence-electron chi connectivity index (χ4n) is 2.83. The third-order valence-electron chi connectivity index (χ3n) is 4.24. The molecule has 1 aromatic carbocycles. The van der Waals surface area contributed by atoms with Crippen LogP contribution in [0.2, 0.25) is 0 Å². The van der Waals surface area contributed by atoms with Gasteiger partial charge >= 0.3 is 0 Å². The largest absolute Gasteiger partial charge is 0.349 e. The summed E-state index contributed by atoms with van der Waals surface area (Å²) in [7, 11) is -0.457. The molecule has 0 bridgehead atoms. The van der Waals surface area contributed by atoms with Crippen molar-refractivity contribution < 1.29 is 18.1 Å². The molecule has 9 heteroatoms. The highest BCUT2D eigenvalue weighted by Crippen LogP contribution is 2.28. The molecule has 1 heterocycles. The van der Waals surface area contributed by atoms with Crippen LogP contribution in [0.15, 0.2) is 23.1 Å². The summed E-state index contributed by atoms with van der Waals surface area (Å²) >= 11 is 0. The highest BCUT2D eigenvalue weighted by molar-refractivity contribution is 7.89. The maximum Gasteiger partial charge on any atom is 0.270 e. The number of nitrogens with zero attached hydrogens (tertiary/aromatic N) is 3. The van der Waals surface area contributed by atoms with Gasteiger partial charge in [-0.2, -0.15) is 4.31 Å². The van der Waals surface area contributed by atoms with E-state index in [2.05, 4.69) is 0 Å². The number of amides is 1. The van der Waals surface area contributed by atoms with E-state index in [1.807, 2.05) is 0 Å². The number of hydrogen-bond donors (Lipinski definition) is 0. The summed E-state index contributed by atoms with van der Waals surface area (Å²) in [6.45, 7) is 2.07. The molecule has 1 aliphatic rings. The van der Waals surface area contributed by atoms with E-state index in [1.54, 1.807) is 21.0 Å². The molecule has 0 atom stereocenters. The van der Waals surface area contributed by atoms with Gasteiger partial charge in [0.15, 0.2) is 0 Å². The quantitative estimate of drug-likeness (QED) is 0.600. The Morgan fingerprint density at radius 2 is 1.88 bits per heavy atom. The Hall–Kier alpha value is -2.00. The highest BCUT2D eigenvalue weighted by atomic mass is 32.2. The van der Waals surface area contributed by atoms with E-state index in [1.165, 1.54) is 21.3 Å². The second-order valence-corrected chi connectivity index (χ2v) is 8.02. The molecule has 2 rings (SSSR count). The maximum absolute atomic E-state index is 12.8. The van der Waals surface area contributed by atoms with Gasteiger partial charge in [0, 0.05) is 45.2 Å². The fourth-order valence-corrected chi connectivity index (χ4v) is 4.54. The van der Waals surface area contributed by atoms with Crippen molar-refractivity contribution in [3.8, 4) is 0 Å². The number of nitro groups is 1. The number of nitro benzene ring substituents is 1. The summed E-state index contributed by atoms with van der Waals surface area (Å²) in [6.07, 6.45) is 0.897. The number of carbonyl (C=O) groups excluding carboxylic acids is 1. The van der Waals surface area contributed by atoms with Crippen molar-refractivity contribution >= 4 is 21.6 Å². The summed E-state index contributed by atoms with van der Waals surface area (Å²) in [5.74, 6) is -0.184. The Kier molecular flexibility index (Phi) is 5.24. The van der Waals surface area contributed by atoms with Crippen molar-refractivity contribution in [3.05, 3.63) is 33.9 Å². The van der Waals surface area contributed by atoms with Gasteiger partial charge in [0.05, 0.1) is 9.82 Å². The molecule has 0 saturated carbocycles. The summed E-state index contributed by atoms with van der Waals surface area (Å²) in [5.41, 5.74) is 0.212. The molecule has 0 aromatic heterocycles. The minimum Gasteiger partial charge on any atom is -0.349 e. The number of hydrogen-bond acceptors (Lipinski definition) is 5. The zero-order chi connectivity index (χ0) is 18.1. The molecule has 132 valence electrons. The molecule has 0 unspecified atom stereocenters. The molecule has 8 nitrogen and oxygen atoms in total. The third-order valence-corrected chi connectivity index (χ3v) is 6.28. The number of sulfonamides is 1. The van der Waals surface area contributed by atoms with Crippen LogP contribution in [0.25, 0.3) is 0 Å². The van der Waals surface area contributed by atoms with E-state index in [4.69, 9.17) is 0 Å². The van der Waals surface area contributed by atoms with E-state index in [0.29, 0.717) is 18.4 Å². The van der Waals surface area contributed by atoms with E-state index in [9.17, 15) is 23.3 Å². The molecule has 24 heavy (non-hydrogen) atoms. The molecular formula is C15H21N3O5S. The van der Waals surface area contributed by atoms with Gasteiger partial charge in [0.1, 0.15) is 0 Å². The highest BCUT2D eigenvalue weighted by Gasteiger charge is 2.34. The molecule has 1 amide bonds. The van der Waals surface area contributed by atoms with Crippen LogP contribution >= 0.6 is 0 Å². The second-order valence-electron chi connectivity index (χ2n) is 6.12. The Labute approximate surface area is 141 Å². The van der Waals surface area contributed by atoms with Crippen LogP contribution in [0.1, 0.15) is 18.4 Å². The van der Waals surface area contributed by atoms with E-state index in [-0.39, 0.29) is 35.5 Å². The van der Waals surface area contributed by atoms with Crippen molar-refractivity contribution in [2.24, 2.45) is 5.92 Å². The molecule has 0 spiro atoms. The van der Waals surface area contributed by atoms with Gasteiger partial charge in [0.25, 0.3) is 5.69 Å². The Morgan fingerprint density at radius 1 is 1.29 bits per heavy atom. The molecule has 1 saturated heterocycles. The van der Waals surface area contributed by atoms with Gasteiger partial charge in [-0.3, -0.25) is 14.9 Å². The van der Waals surface area contributed by atoms with Gasteiger partial charge < -0.3 is 4.90 Å². The molecular weight excluding hydrogens is 334 g/mol. The van der Waals surface area contributed by atoms with Crippen molar-refractivity contribution in [2.75, 3.05) is 27.2 Å². The predicted molar refractivity (Wildman–Crippen MR) is 88.0 cm³/mol. The topological polar surface area (TPSA) is 101 Å². The van der Waals surface area contributed by atoms with Gasteiger partial charge in [0.2, 0.25) is 15.9 Å². The van der Waals surface area contributed by atoms with Crippen LogP contribution < -0.4 is 0 Å². The summed E-state index contributed by atoms with van der Waals surface area (Å²) < 4.78 is 26.9. The maximum atomic E-state index is 12.8. The number of rotatable bonds is 4. The number of aryl methyl sites for hydroxylation is 1. The Balaban J connectivity index is 2.22. The first kappa shape index (κ1) is 18.3. The van der Waals surface area contributed by atoms with Crippen molar-refractivity contribution in [2.45, 2.75) is 24.7 Å². The van der Waals surface area contributed by atoms with Crippen LogP contribution in [-0.2, 0) is 14.8 Å². The van der Waals surface area contributed by atoms with Crippen LogP contribution in [0, 0.1) is 23.0 Å². The van der Waals surface area contributed by atoms with Crippen LogP contribution in [-0.4, -0.2) is 55.6 Å². The van der Waals surface area contributed by atoms with E-state index in [0.717, 1.165) is 6.07 Å². The molecule has 0 radical (unpaired) electrons. The third kappa shape index (κ3) is 3.57. The lowest BCUT2D eigenvalue weighted by Gasteiger charge is -2.32. The minimum absolute atomic E-state index is 0.00132. The first-order valence-corrected chi connectivity index (χ1v) is 9.05. The van der Waals surface area contributed by atoms with Gasteiger partial charge in [-0.15, -0.1) is 0 Å². The Bertz CT molecular complexity index is 752. The van der Waals surface area contributed by atoms with Crippen molar-refractivity contribution in [1.82, 2.24) is 9.21 Å². The van der Waals surface area contributed by atoms with Gasteiger partial charge in [-0.1, -0.05) is 6.07 Å². The number of piperidine rings is 1. The number of non-ortho nitro benzene ring substituents is 1. The summed E-state index contributed by atoms with van der Waals surface area (Å²) in [6, 6.07) is 3.82. The predicted octanol–water partition coefficient (Wildman–Crippen LogP) is 1.39. The fraction of sp³-hybridized carbons (Fsp3) is 0.533. The van der Waals surface area contributed by atoms with Gasteiger partial charge in [-0.25, -0.2) is 8.42 Å². The SMILES string of the molecule is Cc1ccc([N+](=O)[O-])cc1S(=O)(=O)N1CCC(C(=O)N(C)C)CC1. The first-order chi connectivity index (χ1) is 11.1. The average Bonchev–Trinajstić information content (AvgIpc) is 2.54. The molecule has 0 aliphatic carbocycles. The van der Waals surface area contributed by atoms with Crippen LogP contribution in [0.3, 0.4) is 0 Å².